The van der Waals surface area contributed by atoms with Crippen molar-refractivity contribution in [2.45, 2.75) is 82.3 Å². The SMILES string of the molecule is Nc1cccc(CC(=O)CC(CC(=O)COCCCC(=O)CC2CCCS2)(CC(=O)Cc2cccc(N)c2)CC(=O)Cc2cccc(N)c2)c1. The third kappa shape index (κ3) is 13.6. The van der Waals surface area contributed by atoms with Gasteiger partial charge in [-0.15, -0.1) is 0 Å². The first-order valence-electron chi connectivity index (χ1n) is 17.3. The van der Waals surface area contributed by atoms with E-state index in [4.69, 9.17) is 21.9 Å². The van der Waals surface area contributed by atoms with Crippen molar-refractivity contribution in [2.75, 3.05) is 36.2 Å². The largest absolute Gasteiger partial charge is 0.399 e. The average Bonchev–Trinajstić information content (AvgIpc) is 3.53. The van der Waals surface area contributed by atoms with Crippen LogP contribution in [-0.2, 0) is 48.0 Å². The van der Waals surface area contributed by atoms with Crippen LogP contribution in [0.4, 0.5) is 17.1 Å². The fourth-order valence-electron chi connectivity index (χ4n) is 6.80. The van der Waals surface area contributed by atoms with E-state index in [1.165, 1.54) is 0 Å². The molecule has 1 atom stereocenters. The molecule has 1 aliphatic heterocycles. The molecule has 0 spiro atoms. The molecule has 0 amide bonds. The Labute approximate surface area is 299 Å². The molecule has 3 aromatic rings. The third-order valence-electron chi connectivity index (χ3n) is 8.83. The monoisotopic (exact) mass is 699 g/mol. The number of ether oxygens (including phenoxy) is 1. The van der Waals surface area contributed by atoms with Crippen molar-refractivity contribution < 1.29 is 28.7 Å². The fourth-order valence-corrected chi connectivity index (χ4v) is 8.10. The van der Waals surface area contributed by atoms with E-state index < -0.39 is 5.41 Å². The van der Waals surface area contributed by atoms with Crippen LogP contribution in [-0.4, -0.2) is 53.1 Å². The van der Waals surface area contributed by atoms with Crippen LogP contribution in [0.3, 0.4) is 0 Å². The molecular weight excluding hydrogens is 651 g/mol. The predicted molar refractivity (Wildman–Crippen MR) is 200 cm³/mol. The quantitative estimate of drug-likeness (QED) is 0.0842. The first-order valence-corrected chi connectivity index (χ1v) is 18.3. The topological polar surface area (TPSA) is 173 Å². The van der Waals surface area contributed by atoms with Crippen molar-refractivity contribution in [1.29, 1.82) is 0 Å². The van der Waals surface area contributed by atoms with Gasteiger partial charge in [-0.1, -0.05) is 36.4 Å². The minimum Gasteiger partial charge on any atom is -0.399 e. The molecule has 0 bridgehead atoms. The second kappa shape index (κ2) is 19.2. The fraction of sp³-hybridized carbons (Fsp3) is 0.425. The van der Waals surface area contributed by atoms with Crippen LogP contribution in [0.15, 0.2) is 72.8 Å². The Morgan fingerprint density at radius 1 is 0.660 bits per heavy atom. The van der Waals surface area contributed by atoms with E-state index in [9.17, 15) is 24.0 Å². The lowest BCUT2D eigenvalue weighted by atomic mass is 9.69. The van der Waals surface area contributed by atoms with Crippen LogP contribution < -0.4 is 17.2 Å². The van der Waals surface area contributed by atoms with Gasteiger partial charge in [-0.3, -0.25) is 24.0 Å². The molecule has 1 aliphatic rings. The number of hydrogen-bond acceptors (Lipinski definition) is 10. The molecular formula is C40H49N3O6S. The molecule has 1 fully saturated rings. The number of ketones is 5. The number of benzene rings is 3. The van der Waals surface area contributed by atoms with Gasteiger partial charge in [0, 0.05) is 86.7 Å². The lowest BCUT2D eigenvalue weighted by Gasteiger charge is -2.32. The number of anilines is 3. The zero-order valence-corrected chi connectivity index (χ0v) is 29.5. The van der Waals surface area contributed by atoms with Gasteiger partial charge in [0.1, 0.15) is 29.7 Å². The van der Waals surface area contributed by atoms with Crippen molar-refractivity contribution in [3.63, 3.8) is 0 Å². The van der Waals surface area contributed by atoms with Crippen LogP contribution in [0.1, 0.15) is 74.5 Å². The van der Waals surface area contributed by atoms with Gasteiger partial charge in [0.25, 0.3) is 0 Å². The summed E-state index contributed by atoms with van der Waals surface area (Å²) in [4.78, 5) is 67.1. The second-order valence-corrected chi connectivity index (χ2v) is 15.1. The highest BCUT2D eigenvalue weighted by atomic mass is 32.2. The van der Waals surface area contributed by atoms with E-state index in [1.54, 1.807) is 72.8 Å². The molecule has 6 N–H and O–H groups in total. The number of nitrogen functional groups attached to an aromatic ring is 3. The van der Waals surface area contributed by atoms with E-state index in [0.29, 0.717) is 58.3 Å². The summed E-state index contributed by atoms with van der Waals surface area (Å²) in [5.74, 6) is 0.361. The molecule has 50 heavy (non-hydrogen) atoms. The molecule has 3 aromatic carbocycles. The Morgan fingerprint density at radius 2 is 1.12 bits per heavy atom. The lowest BCUT2D eigenvalue weighted by molar-refractivity contribution is -0.131. The summed E-state index contributed by atoms with van der Waals surface area (Å²) >= 11 is 1.85. The van der Waals surface area contributed by atoms with Crippen molar-refractivity contribution in [1.82, 2.24) is 0 Å². The minimum absolute atomic E-state index is 0.0394. The summed E-state index contributed by atoms with van der Waals surface area (Å²) in [6.45, 7) is -0.00991. The van der Waals surface area contributed by atoms with E-state index in [0.717, 1.165) is 18.6 Å². The summed E-state index contributed by atoms with van der Waals surface area (Å²) in [6, 6.07) is 21.0. The van der Waals surface area contributed by atoms with E-state index in [1.807, 2.05) is 11.8 Å². The third-order valence-corrected chi connectivity index (χ3v) is 10.2. The maximum Gasteiger partial charge on any atom is 0.159 e. The van der Waals surface area contributed by atoms with Gasteiger partial charge < -0.3 is 21.9 Å². The number of Topliss-reactive ketones (excluding diaryl/α,β-unsaturated/α-hetero) is 5. The smallest absolute Gasteiger partial charge is 0.159 e. The number of hydrogen-bond donors (Lipinski definition) is 3. The molecule has 1 unspecified atom stereocenters. The van der Waals surface area contributed by atoms with Gasteiger partial charge in [-0.05, 0) is 83.5 Å². The van der Waals surface area contributed by atoms with Crippen LogP contribution in [0.25, 0.3) is 0 Å². The van der Waals surface area contributed by atoms with E-state index in [2.05, 4.69) is 0 Å². The highest BCUT2D eigenvalue weighted by Crippen LogP contribution is 2.38. The van der Waals surface area contributed by atoms with Gasteiger partial charge >= 0.3 is 0 Å². The molecule has 0 saturated carbocycles. The van der Waals surface area contributed by atoms with Gasteiger partial charge in [0.05, 0.1) is 0 Å². The molecule has 1 heterocycles. The summed E-state index contributed by atoms with van der Waals surface area (Å²) in [5, 5.41) is 0.406. The van der Waals surface area contributed by atoms with Gasteiger partial charge in [0.2, 0.25) is 0 Å². The molecule has 10 heteroatoms. The summed E-state index contributed by atoms with van der Waals surface area (Å²) in [7, 11) is 0. The number of nitrogens with two attached hydrogens (primary N) is 3. The van der Waals surface area contributed by atoms with Crippen molar-refractivity contribution in [2.24, 2.45) is 5.41 Å². The van der Waals surface area contributed by atoms with Crippen LogP contribution in [0.2, 0.25) is 0 Å². The van der Waals surface area contributed by atoms with Crippen molar-refractivity contribution in [3.8, 4) is 0 Å². The van der Waals surface area contributed by atoms with Gasteiger partial charge in [0.15, 0.2) is 5.78 Å². The number of rotatable bonds is 22. The Morgan fingerprint density at radius 3 is 1.54 bits per heavy atom. The van der Waals surface area contributed by atoms with E-state index in [-0.39, 0.29) is 87.1 Å². The van der Waals surface area contributed by atoms with Crippen LogP contribution in [0, 0.1) is 5.41 Å². The van der Waals surface area contributed by atoms with Gasteiger partial charge in [-0.25, -0.2) is 0 Å². The zero-order valence-electron chi connectivity index (χ0n) is 28.7. The number of carbonyl (C=O) groups is 5. The van der Waals surface area contributed by atoms with Crippen molar-refractivity contribution >= 4 is 57.7 Å². The summed E-state index contributed by atoms with van der Waals surface area (Å²) < 4.78 is 5.70. The van der Waals surface area contributed by atoms with E-state index >= 15 is 0 Å². The molecule has 9 nitrogen and oxygen atoms in total. The average molecular weight is 700 g/mol. The highest BCUT2D eigenvalue weighted by molar-refractivity contribution is 8.00. The normalized spacial score (nSPS) is 14.4. The standard InChI is InChI=1S/C40H49N3O6S/c41-31-9-1-6-28(16-31)19-35(45)23-40(24-36(46)20-29-7-2-10-32(42)17-29,25-37(47)21-30-8-3-11-33(43)18-30)26-38(48)27-49-14-4-12-34(44)22-39-13-5-15-50-39/h1-3,6-11,16-18,39H,4-5,12-15,19-27,41-43H2. The lowest BCUT2D eigenvalue weighted by Crippen LogP contribution is -2.35. The molecule has 4 rings (SSSR count). The van der Waals surface area contributed by atoms with Gasteiger partial charge in [-0.2, -0.15) is 11.8 Å². The first-order chi connectivity index (χ1) is 24.0. The molecule has 1 saturated heterocycles. The Bertz CT molecular complexity index is 1500. The van der Waals surface area contributed by atoms with Crippen molar-refractivity contribution in [3.05, 3.63) is 89.5 Å². The summed E-state index contributed by atoms with van der Waals surface area (Å²) in [5.41, 5.74) is 20.2. The van der Waals surface area contributed by atoms with Crippen LogP contribution in [0.5, 0.6) is 0 Å². The maximum atomic E-state index is 13.7. The number of thioether (sulfide) groups is 1. The Balaban J connectivity index is 1.50. The first kappa shape index (κ1) is 38.5. The Hall–Kier alpha value is -4.28. The minimum atomic E-state index is -1.28. The molecule has 0 radical (unpaired) electrons. The summed E-state index contributed by atoms with van der Waals surface area (Å²) in [6.07, 6.45) is 3.14. The highest BCUT2D eigenvalue weighted by Gasteiger charge is 2.39. The Kier molecular flexibility index (Phi) is 14.8. The predicted octanol–water partition coefficient (Wildman–Crippen LogP) is 5.94. The zero-order chi connectivity index (χ0) is 35.9. The van der Waals surface area contributed by atoms with Crippen LogP contribution >= 0.6 is 11.8 Å². The molecule has 0 aromatic heterocycles. The molecule has 0 aliphatic carbocycles. The maximum absolute atomic E-state index is 13.7. The number of carbonyl (C=O) groups excluding carboxylic acids is 5. The molecule has 266 valence electrons. The second-order valence-electron chi connectivity index (χ2n) is 13.7.